The molecule has 1 saturated heterocycles. The lowest BCUT2D eigenvalue weighted by molar-refractivity contribution is -0.151. The summed E-state index contributed by atoms with van der Waals surface area (Å²) in [7, 11) is 0. The molecule has 6 nitrogen and oxygen atoms in total. The van der Waals surface area contributed by atoms with E-state index in [9.17, 15) is 14.4 Å². The van der Waals surface area contributed by atoms with Crippen molar-refractivity contribution >= 4 is 29.2 Å². The molecule has 26 heavy (non-hydrogen) atoms. The summed E-state index contributed by atoms with van der Waals surface area (Å²) in [5.74, 6) is -0.951. The second-order valence-electron chi connectivity index (χ2n) is 6.75. The number of esters is 2. The van der Waals surface area contributed by atoms with E-state index in [1.54, 1.807) is 11.8 Å². The summed E-state index contributed by atoms with van der Waals surface area (Å²) in [6, 6.07) is 1.91. The van der Waals surface area contributed by atoms with Gasteiger partial charge in [0.1, 0.15) is 4.88 Å². The molecule has 0 spiro atoms. The van der Waals surface area contributed by atoms with Gasteiger partial charge < -0.3 is 14.4 Å². The third-order valence-corrected chi connectivity index (χ3v) is 6.21. The average molecular weight is 379 g/mol. The monoisotopic (exact) mass is 379 g/mol. The maximum absolute atomic E-state index is 12.3. The van der Waals surface area contributed by atoms with E-state index in [2.05, 4.69) is 0 Å². The Hall–Kier alpha value is -1.89. The van der Waals surface area contributed by atoms with Crippen LogP contribution >= 0.6 is 11.3 Å². The Morgan fingerprint density at radius 1 is 1.15 bits per heavy atom. The number of carbonyl (C=O) groups is 3. The summed E-state index contributed by atoms with van der Waals surface area (Å²) in [4.78, 5) is 39.7. The molecule has 0 saturated carbocycles. The number of hydrogen-bond donors (Lipinski definition) is 0. The number of piperidine rings is 1. The first kappa shape index (κ1) is 18.9. The predicted molar refractivity (Wildman–Crippen MR) is 97.2 cm³/mol. The van der Waals surface area contributed by atoms with Crippen molar-refractivity contribution in [3.05, 3.63) is 21.4 Å². The van der Waals surface area contributed by atoms with Gasteiger partial charge in [-0.25, -0.2) is 4.79 Å². The largest absolute Gasteiger partial charge is 0.466 e. The van der Waals surface area contributed by atoms with E-state index >= 15 is 0 Å². The Kier molecular flexibility index (Phi) is 6.29. The molecule has 0 atom stereocenters. The number of ether oxygens (including phenoxy) is 2. The molecule has 2 aliphatic rings. The summed E-state index contributed by atoms with van der Waals surface area (Å²) in [5.41, 5.74) is 1.25. The average Bonchev–Trinajstić information content (AvgIpc) is 3.10. The Labute approximate surface area is 157 Å². The zero-order chi connectivity index (χ0) is 18.5. The Balaban J connectivity index is 1.45. The lowest BCUT2D eigenvalue weighted by Gasteiger charge is -2.30. The number of nitrogens with zero attached hydrogens (tertiary/aromatic N) is 1. The highest BCUT2D eigenvalue weighted by Crippen LogP contribution is 2.30. The molecule has 142 valence electrons. The second kappa shape index (κ2) is 8.66. The minimum Gasteiger partial charge on any atom is -0.466 e. The van der Waals surface area contributed by atoms with Crippen molar-refractivity contribution in [2.75, 3.05) is 26.3 Å². The van der Waals surface area contributed by atoms with Crippen molar-refractivity contribution in [2.24, 2.45) is 5.92 Å². The van der Waals surface area contributed by atoms with Gasteiger partial charge in [-0.2, -0.15) is 0 Å². The summed E-state index contributed by atoms with van der Waals surface area (Å²) in [6.07, 6.45) is 5.57. The molecule has 1 aliphatic heterocycles. The van der Waals surface area contributed by atoms with Gasteiger partial charge >= 0.3 is 11.9 Å². The van der Waals surface area contributed by atoms with Crippen molar-refractivity contribution in [1.29, 1.82) is 0 Å². The van der Waals surface area contributed by atoms with Gasteiger partial charge in [-0.1, -0.05) is 0 Å². The van der Waals surface area contributed by atoms with Gasteiger partial charge in [-0.05, 0) is 57.1 Å². The lowest BCUT2D eigenvalue weighted by Crippen LogP contribution is -2.42. The molecule has 1 fully saturated rings. The number of amides is 1. The van der Waals surface area contributed by atoms with Crippen molar-refractivity contribution in [1.82, 2.24) is 4.90 Å². The van der Waals surface area contributed by atoms with E-state index in [-0.39, 0.29) is 24.4 Å². The summed E-state index contributed by atoms with van der Waals surface area (Å²) in [6.45, 7) is 2.90. The SMILES string of the molecule is CCOC(=O)C1CCN(C(=O)COC(=O)c2cc3c(s2)CCCC3)CC1. The zero-order valence-corrected chi connectivity index (χ0v) is 15.9. The normalized spacial score (nSPS) is 17.5. The second-order valence-corrected chi connectivity index (χ2v) is 7.89. The van der Waals surface area contributed by atoms with Crippen molar-refractivity contribution in [3.8, 4) is 0 Å². The van der Waals surface area contributed by atoms with Crippen LogP contribution in [0.15, 0.2) is 6.07 Å². The van der Waals surface area contributed by atoms with Gasteiger partial charge in [0.05, 0.1) is 12.5 Å². The molecule has 0 radical (unpaired) electrons. The minimum absolute atomic E-state index is 0.140. The van der Waals surface area contributed by atoms with Crippen LogP contribution in [0.4, 0.5) is 0 Å². The molecule has 1 aliphatic carbocycles. The van der Waals surface area contributed by atoms with Gasteiger partial charge in [0, 0.05) is 18.0 Å². The highest BCUT2D eigenvalue weighted by molar-refractivity contribution is 7.14. The number of likely N-dealkylation sites (tertiary alicyclic amines) is 1. The molecule has 1 amide bonds. The van der Waals surface area contributed by atoms with E-state index in [1.165, 1.54) is 34.6 Å². The van der Waals surface area contributed by atoms with Crippen LogP contribution in [0.25, 0.3) is 0 Å². The molecule has 1 aromatic heterocycles. The lowest BCUT2D eigenvalue weighted by atomic mass is 9.97. The number of hydrogen-bond acceptors (Lipinski definition) is 6. The fraction of sp³-hybridized carbons (Fsp3) is 0.632. The minimum atomic E-state index is -0.417. The molecule has 2 heterocycles. The van der Waals surface area contributed by atoms with Gasteiger partial charge in [-0.15, -0.1) is 11.3 Å². The zero-order valence-electron chi connectivity index (χ0n) is 15.1. The Morgan fingerprint density at radius 2 is 1.88 bits per heavy atom. The van der Waals surface area contributed by atoms with Crippen LogP contribution in [0, 0.1) is 5.92 Å². The quantitative estimate of drug-likeness (QED) is 0.735. The molecule has 1 aromatic rings. The molecular weight excluding hydrogens is 354 g/mol. The van der Waals surface area contributed by atoms with Crippen LogP contribution in [0.1, 0.15) is 52.7 Å². The smallest absolute Gasteiger partial charge is 0.348 e. The summed E-state index contributed by atoms with van der Waals surface area (Å²) in [5, 5.41) is 0. The molecule has 0 bridgehead atoms. The number of aryl methyl sites for hydroxylation is 2. The van der Waals surface area contributed by atoms with E-state index in [4.69, 9.17) is 9.47 Å². The van der Waals surface area contributed by atoms with Crippen LogP contribution in [-0.4, -0.2) is 49.0 Å². The molecule has 7 heteroatoms. The van der Waals surface area contributed by atoms with Crippen molar-refractivity contribution in [2.45, 2.75) is 45.4 Å². The molecular formula is C19H25NO5S. The van der Waals surface area contributed by atoms with Crippen LogP contribution < -0.4 is 0 Å². The topological polar surface area (TPSA) is 72.9 Å². The van der Waals surface area contributed by atoms with Gasteiger partial charge in [0.15, 0.2) is 6.61 Å². The predicted octanol–water partition coefficient (Wildman–Crippen LogP) is 2.59. The number of carbonyl (C=O) groups excluding carboxylic acids is 3. The number of thiophene rings is 1. The number of fused-ring (bicyclic) bond motifs is 1. The van der Waals surface area contributed by atoms with E-state index in [0.717, 1.165) is 12.8 Å². The van der Waals surface area contributed by atoms with E-state index in [1.807, 2.05) is 6.07 Å². The standard InChI is InChI=1S/C19H25NO5S/c1-2-24-18(22)13-7-9-20(10-8-13)17(21)12-25-19(23)16-11-14-5-3-4-6-15(14)26-16/h11,13H,2-10,12H2,1H3. The highest BCUT2D eigenvalue weighted by atomic mass is 32.1. The molecule has 0 aromatic carbocycles. The summed E-state index contributed by atoms with van der Waals surface area (Å²) >= 11 is 1.49. The maximum atomic E-state index is 12.3. The van der Waals surface area contributed by atoms with Gasteiger partial charge in [0.25, 0.3) is 5.91 Å². The first-order chi connectivity index (χ1) is 12.6. The Bertz CT molecular complexity index is 652. The van der Waals surface area contributed by atoms with Crippen molar-refractivity contribution < 1.29 is 23.9 Å². The Morgan fingerprint density at radius 3 is 2.58 bits per heavy atom. The highest BCUT2D eigenvalue weighted by Gasteiger charge is 2.28. The maximum Gasteiger partial charge on any atom is 0.348 e. The third-order valence-electron chi connectivity index (χ3n) is 4.99. The van der Waals surface area contributed by atoms with Crippen LogP contribution in [0.3, 0.4) is 0 Å². The van der Waals surface area contributed by atoms with E-state index in [0.29, 0.717) is 37.4 Å². The first-order valence-corrected chi connectivity index (χ1v) is 10.1. The third kappa shape index (κ3) is 4.44. The van der Waals surface area contributed by atoms with Crippen LogP contribution in [-0.2, 0) is 31.9 Å². The van der Waals surface area contributed by atoms with Crippen LogP contribution in [0.5, 0.6) is 0 Å². The van der Waals surface area contributed by atoms with Gasteiger partial charge in [0.2, 0.25) is 0 Å². The van der Waals surface area contributed by atoms with Crippen LogP contribution in [0.2, 0.25) is 0 Å². The molecule has 3 rings (SSSR count). The van der Waals surface area contributed by atoms with Gasteiger partial charge in [-0.3, -0.25) is 9.59 Å². The molecule has 0 N–H and O–H groups in total. The first-order valence-electron chi connectivity index (χ1n) is 9.31. The van der Waals surface area contributed by atoms with Crippen molar-refractivity contribution in [3.63, 3.8) is 0 Å². The molecule has 0 unspecified atom stereocenters. The number of rotatable bonds is 5. The summed E-state index contributed by atoms with van der Waals surface area (Å²) < 4.78 is 10.3. The fourth-order valence-electron chi connectivity index (χ4n) is 3.51. The fourth-order valence-corrected chi connectivity index (χ4v) is 4.65. The van der Waals surface area contributed by atoms with E-state index < -0.39 is 5.97 Å².